The molecule has 1 atom stereocenters. The van der Waals surface area contributed by atoms with Crippen molar-refractivity contribution in [1.82, 2.24) is 5.32 Å². The van der Waals surface area contributed by atoms with Crippen LogP contribution in [-0.2, 0) is 9.84 Å². The van der Waals surface area contributed by atoms with Gasteiger partial charge in [0.05, 0.1) is 4.75 Å². The van der Waals surface area contributed by atoms with Crippen molar-refractivity contribution in [3.8, 4) is 0 Å². The fraction of sp³-hybridized carbons (Fsp3) is 0.571. The van der Waals surface area contributed by atoms with Gasteiger partial charge in [-0.1, -0.05) is 19.1 Å². The number of rotatable bonds is 6. The largest absolute Gasteiger partial charge is 0.308 e. The molecule has 0 saturated heterocycles. The van der Waals surface area contributed by atoms with E-state index in [1.54, 1.807) is 26.0 Å². The number of benzene rings is 1. The van der Waals surface area contributed by atoms with Crippen LogP contribution >= 0.6 is 0 Å². The third-order valence-corrected chi connectivity index (χ3v) is 5.61. The van der Waals surface area contributed by atoms with E-state index >= 15 is 0 Å². The van der Waals surface area contributed by atoms with E-state index < -0.39 is 14.6 Å². The van der Waals surface area contributed by atoms with Crippen LogP contribution in [0.15, 0.2) is 24.3 Å². The molecule has 5 heteroatoms. The zero-order chi connectivity index (χ0) is 14.7. The smallest absolute Gasteiger partial charge is 0.153 e. The minimum absolute atomic E-state index is 0.0293. The SMILES string of the molecule is CCC(NCC(C)(C)S(C)(=O)=O)c1ccc(F)cc1. The van der Waals surface area contributed by atoms with E-state index in [-0.39, 0.29) is 11.9 Å². The van der Waals surface area contributed by atoms with Crippen LogP contribution in [0.5, 0.6) is 0 Å². The van der Waals surface area contributed by atoms with Crippen LogP contribution in [0.4, 0.5) is 4.39 Å². The second kappa shape index (κ2) is 6.01. The molecular weight excluding hydrogens is 265 g/mol. The van der Waals surface area contributed by atoms with Gasteiger partial charge >= 0.3 is 0 Å². The molecule has 3 nitrogen and oxygen atoms in total. The summed E-state index contributed by atoms with van der Waals surface area (Å²) in [5.74, 6) is -0.268. The van der Waals surface area contributed by atoms with E-state index in [9.17, 15) is 12.8 Å². The molecule has 0 aliphatic rings. The monoisotopic (exact) mass is 287 g/mol. The van der Waals surface area contributed by atoms with Gasteiger partial charge in [0.25, 0.3) is 0 Å². The van der Waals surface area contributed by atoms with Crippen molar-refractivity contribution in [1.29, 1.82) is 0 Å². The fourth-order valence-electron chi connectivity index (χ4n) is 1.69. The number of nitrogens with one attached hydrogen (secondary N) is 1. The maximum atomic E-state index is 12.9. The van der Waals surface area contributed by atoms with E-state index in [1.807, 2.05) is 6.92 Å². The highest BCUT2D eigenvalue weighted by molar-refractivity contribution is 7.92. The topological polar surface area (TPSA) is 46.2 Å². The summed E-state index contributed by atoms with van der Waals surface area (Å²) >= 11 is 0. The summed E-state index contributed by atoms with van der Waals surface area (Å²) in [6.45, 7) is 5.77. The Hall–Kier alpha value is -0.940. The first kappa shape index (κ1) is 16.1. The lowest BCUT2D eigenvalue weighted by atomic mass is 10.0. The van der Waals surface area contributed by atoms with Crippen LogP contribution in [0.2, 0.25) is 0 Å². The molecule has 1 N–H and O–H groups in total. The Morgan fingerprint density at radius 1 is 1.26 bits per heavy atom. The second-order valence-electron chi connectivity index (χ2n) is 5.43. The maximum Gasteiger partial charge on any atom is 0.153 e. The molecule has 0 bridgehead atoms. The Morgan fingerprint density at radius 3 is 2.21 bits per heavy atom. The lowest BCUT2D eigenvalue weighted by molar-refractivity contribution is 0.463. The average Bonchev–Trinajstić information content (AvgIpc) is 2.30. The molecule has 0 heterocycles. The maximum absolute atomic E-state index is 12.9. The predicted molar refractivity (Wildman–Crippen MR) is 76.4 cm³/mol. The quantitative estimate of drug-likeness (QED) is 0.875. The Morgan fingerprint density at radius 2 is 1.79 bits per heavy atom. The standard InChI is InChI=1S/C14H22FNO2S/c1-5-13(11-6-8-12(15)9-7-11)16-10-14(2,3)19(4,17)18/h6-9,13,16H,5,10H2,1-4H3. The van der Waals surface area contributed by atoms with Gasteiger partial charge in [-0.05, 0) is 38.0 Å². The van der Waals surface area contributed by atoms with E-state index in [4.69, 9.17) is 0 Å². The first-order chi connectivity index (χ1) is 8.67. The third-order valence-electron chi connectivity index (χ3n) is 3.46. The van der Waals surface area contributed by atoms with Crippen LogP contribution in [-0.4, -0.2) is 26.0 Å². The third kappa shape index (κ3) is 4.28. The molecule has 19 heavy (non-hydrogen) atoms. The summed E-state index contributed by atoms with van der Waals surface area (Å²) in [6.07, 6.45) is 2.05. The van der Waals surface area contributed by atoms with Gasteiger partial charge in [0.2, 0.25) is 0 Å². The molecule has 1 unspecified atom stereocenters. The fourth-order valence-corrected chi connectivity index (χ4v) is 2.04. The summed E-state index contributed by atoms with van der Waals surface area (Å²) < 4.78 is 35.4. The van der Waals surface area contributed by atoms with Crippen molar-refractivity contribution >= 4 is 9.84 Å². The van der Waals surface area contributed by atoms with Crippen LogP contribution in [0.3, 0.4) is 0 Å². The molecule has 0 aliphatic carbocycles. The van der Waals surface area contributed by atoms with Crippen molar-refractivity contribution in [2.24, 2.45) is 0 Å². The molecule has 0 aromatic heterocycles. The molecule has 108 valence electrons. The summed E-state index contributed by atoms with van der Waals surface area (Å²) in [4.78, 5) is 0. The number of halogens is 1. The molecule has 1 rings (SSSR count). The first-order valence-corrected chi connectivity index (χ1v) is 8.25. The average molecular weight is 287 g/mol. The molecule has 1 aromatic rings. The first-order valence-electron chi connectivity index (χ1n) is 6.36. The molecule has 1 aromatic carbocycles. The van der Waals surface area contributed by atoms with Crippen LogP contribution in [0, 0.1) is 5.82 Å². The van der Waals surface area contributed by atoms with Gasteiger partial charge in [-0.15, -0.1) is 0 Å². The number of hydrogen-bond acceptors (Lipinski definition) is 3. The molecular formula is C14H22FNO2S. The van der Waals surface area contributed by atoms with E-state index in [1.165, 1.54) is 18.4 Å². The highest BCUT2D eigenvalue weighted by Crippen LogP contribution is 2.20. The lowest BCUT2D eigenvalue weighted by Gasteiger charge is -2.26. The minimum Gasteiger partial charge on any atom is -0.308 e. The van der Waals surface area contributed by atoms with Gasteiger partial charge in [-0.2, -0.15) is 0 Å². The van der Waals surface area contributed by atoms with Gasteiger partial charge < -0.3 is 5.32 Å². The second-order valence-corrected chi connectivity index (χ2v) is 8.07. The van der Waals surface area contributed by atoms with Crippen molar-refractivity contribution in [2.45, 2.75) is 38.0 Å². The predicted octanol–water partition coefficient (Wildman–Crippen LogP) is 2.69. The van der Waals surface area contributed by atoms with Gasteiger partial charge in [0, 0.05) is 18.8 Å². The minimum atomic E-state index is -3.12. The summed E-state index contributed by atoms with van der Waals surface area (Å²) in [7, 11) is -3.12. The summed E-state index contributed by atoms with van der Waals surface area (Å²) in [5.41, 5.74) is 0.966. The number of sulfone groups is 1. The highest BCUT2D eigenvalue weighted by atomic mass is 32.2. The molecule has 0 fully saturated rings. The Balaban J connectivity index is 2.76. The van der Waals surface area contributed by atoms with Gasteiger partial charge in [-0.3, -0.25) is 0 Å². The lowest BCUT2D eigenvalue weighted by Crippen LogP contribution is -2.42. The Labute approximate surface area is 115 Å². The van der Waals surface area contributed by atoms with Crippen LogP contribution in [0.1, 0.15) is 38.8 Å². The van der Waals surface area contributed by atoms with Crippen LogP contribution < -0.4 is 5.32 Å². The molecule has 0 saturated carbocycles. The van der Waals surface area contributed by atoms with Crippen molar-refractivity contribution in [3.05, 3.63) is 35.6 Å². The number of hydrogen-bond donors (Lipinski definition) is 1. The Bertz CT molecular complexity index is 509. The van der Waals surface area contributed by atoms with Crippen molar-refractivity contribution in [3.63, 3.8) is 0 Å². The Kier molecular flexibility index (Phi) is 5.10. The van der Waals surface area contributed by atoms with Gasteiger partial charge in [0.15, 0.2) is 9.84 Å². The van der Waals surface area contributed by atoms with E-state index in [0.717, 1.165) is 12.0 Å². The summed E-state index contributed by atoms with van der Waals surface area (Å²) in [5, 5.41) is 3.25. The zero-order valence-corrected chi connectivity index (χ0v) is 12.7. The van der Waals surface area contributed by atoms with Crippen LogP contribution in [0.25, 0.3) is 0 Å². The van der Waals surface area contributed by atoms with Gasteiger partial charge in [0.1, 0.15) is 5.82 Å². The van der Waals surface area contributed by atoms with E-state index in [2.05, 4.69) is 5.32 Å². The van der Waals surface area contributed by atoms with E-state index in [0.29, 0.717) is 6.54 Å². The van der Waals surface area contributed by atoms with Gasteiger partial charge in [-0.25, -0.2) is 12.8 Å². The molecule has 0 amide bonds. The highest BCUT2D eigenvalue weighted by Gasteiger charge is 2.30. The molecule has 0 radical (unpaired) electrons. The molecule has 0 aliphatic heterocycles. The van der Waals surface area contributed by atoms with Crippen molar-refractivity contribution in [2.75, 3.05) is 12.8 Å². The normalized spacial score (nSPS) is 14.4. The molecule has 0 spiro atoms. The summed E-state index contributed by atoms with van der Waals surface area (Å²) in [6, 6.07) is 6.32. The zero-order valence-electron chi connectivity index (χ0n) is 11.9. The van der Waals surface area contributed by atoms with Crippen molar-refractivity contribution < 1.29 is 12.8 Å².